The van der Waals surface area contributed by atoms with Gasteiger partial charge in [0, 0.05) is 5.56 Å². The van der Waals surface area contributed by atoms with Crippen molar-refractivity contribution in [3.05, 3.63) is 29.8 Å². The Balaban J connectivity index is 2.87. The first-order chi connectivity index (χ1) is 5.33. The van der Waals surface area contributed by atoms with Crippen LogP contribution in [0.3, 0.4) is 0 Å². The molecular weight excluding hydrogens is 140 g/mol. The highest BCUT2D eigenvalue weighted by atomic mass is 16.3. The lowest BCUT2D eigenvalue weighted by Gasteiger charge is -1.90. The number of rotatable bonds is 0. The number of aromatic hydroxyl groups is 1. The minimum absolute atomic E-state index is 0.157. The van der Waals surface area contributed by atoms with Gasteiger partial charge in [0.15, 0.2) is 0 Å². The Morgan fingerprint density at radius 1 is 1.36 bits per heavy atom. The molecule has 56 valence electrons. The predicted octanol–water partition coefficient (Wildman–Crippen LogP) is 0.736. The Morgan fingerprint density at radius 3 is 2.82 bits per heavy atom. The number of hydrogen-bond donors (Lipinski definition) is 2. The molecule has 2 N–H and O–H groups in total. The molecule has 2 heteroatoms. The van der Waals surface area contributed by atoms with E-state index in [1.807, 2.05) is 0 Å². The molecule has 0 aliphatic rings. The van der Waals surface area contributed by atoms with Crippen molar-refractivity contribution in [3.63, 3.8) is 0 Å². The van der Waals surface area contributed by atoms with Gasteiger partial charge in [0.05, 0.1) is 0 Å². The fourth-order valence-corrected chi connectivity index (χ4v) is 0.725. The molecule has 0 aliphatic carbocycles. The van der Waals surface area contributed by atoms with Crippen LogP contribution in [0.4, 0.5) is 0 Å². The number of hydrogen-bond acceptors (Lipinski definition) is 2. The van der Waals surface area contributed by atoms with Crippen molar-refractivity contribution < 1.29 is 10.2 Å². The van der Waals surface area contributed by atoms with Crippen LogP contribution in [0.15, 0.2) is 24.3 Å². The topological polar surface area (TPSA) is 40.5 Å². The van der Waals surface area contributed by atoms with E-state index in [9.17, 15) is 0 Å². The molecule has 0 fully saturated rings. The quantitative estimate of drug-likeness (QED) is 0.532. The van der Waals surface area contributed by atoms with E-state index in [4.69, 9.17) is 10.2 Å². The number of phenolic OH excluding ortho intramolecular Hbond substituents is 1. The molecule has 0 aromatic heterocycles. The maximum absolute atomic E-state index is 8.98. The van der Waals surface area contributed by atoms with E-state index < -0.39 is 0 Å². The van der Waals surface area contributed by atoms with Crippen molar-refractivity contribution in [2.45, 2.75) is 0 Å². The number of phenols is 1. The van der Waals surface area contributed by atoms with Crippen molar-refractivity contribution in [1.29, 1.82) is 0 Å². The van der Waals surface area contributed by atoms with Gasteiger partial charge < -0.3 is 10.2 Å². The summed E-state index contributed by atoms with van der Waals surface area (Å²) in [5, 5.41) is 17.3. The van der Waals surface area contributed by atoms with E-state index >= 15 is 0 Å². The first-order valence-electron chi connectivity index (χ1n) is 3.21. The van der Waals surface area contributed by atoms with Crippen LogP contribution in [0, 0.1) is 11.8 Å². The van der Waals surface area contributed by atoms with Gasteiger partial charge in [0.25, 0.3) is 0 Å². The van der Waals surface area contributed by atoms with Gasteiger partial charge in [0.1, 0.15) is 12.4 Å². The van der Waals surface area contributed by atoms with E-state index in [-0.39, 0.29) is 12.4 Å². The van der Waals surface area contributed by atoms with Gasteiger partial charge in [-0.25, -0.2) is 0 Å². The lowest BCUT2D eigenvalue weighted by molar-refractivity contribution is 0.350. The van der Waals surface area contributed by atoms with Crippen LogP contribution >= 0.6 is 0 Å². The second-order valence-electron chi connectivity index (χ2n) is 2.01. The zero-order chi connectivity index (χ0) is 8.10. The molecule has 0 amide bonds. The van der Waals surface area contributed by atoms with Crippen LogP contribution < -0.4 is 0 Å². The average Bonchev–Trinajstić information content (AvgIpc) is 2.01. The number of aliphatic hydroxyl groups excluding tert-OH is 1. The molecule has 2 nitrogen and oxygen atoms in total. The van der Waals surface area contributed by atoms with E-state index in [2.05, 4.69) is 11.8 Å². The van der Waals surface area contributed by atoms with E-state index in [0.717, 1.165) is 0 Å². The largest absolute Gasteiger partial charge is 0.508 e. The van der Waals surface area contributed by atoms with Crippen molar-refractivity contribution in [2.24, 2.45) is 0 Å². The lowest BCUT2D eigenvalue weighted by Crippen LogP contribution is -1.75. The highest BCUT2D eigenvalue weighted by Crippen LogP contribution is 2.08. The summed E-state index contributed by atoms with van der Waals surface area (Å²) in [5.41, 5.74) is 0.707. The summed E-state index contributed by atoms with van der Waals surface area (Å²) in [6.07, 6.45) is 0. The maximum Gasteiger partial charge on any atom is 0.116 e. The summed E-state index contributed by atoms with van der Waals surface area (Å²) in [6.45, 7) is -0.157. The van der Waals surface area contributed by atoms with Crippen LogP contribution in [-0.4, -0.2) is 16.8 Å². The fourth-order valence-electron chi connectivity index (χ4n) is 0.725. The predicted molar refractivity (Wildman–Crippen MR) is 42.1 cm³/mol. The molecular formula is C9H8O2. The Hall–Kier alpha value is -1.46. The third-order valence-corrected chi connectivity index (χ3v) is 1.16. The number of benzene rings is 1. The van der Waals surface area contributed by atoms with Crippen LogP contribution in [0.25, 0.3) is 0 Å². The molecule has 0 saturated heterocycles. The monoisotopic (exact) mass is 148 g/mol. The SMILES string of the molecule is OCC#Cc1cccc(O)c1. The van der Waals surface area contributed by atoms with E-state index in [1.165, 1.54) is 0 Å². The van der Waals surface area contributed by atoms with Crippen molar-refractivity contribution in [3.8, 4) is 17.6 Å². The molecule has 11 heavy (non-hydrogen) atoms. The highest BCUT2D eigenvalue weighted by molar-refractivity contribution is 5.39. The van der Waals surface area contributed by atoms with Gasteiger partial charge in [0.2, 0.25) is 0 Å². The van der Waals surface area contributed by atoms with Crippen LogP contribution in [0.2, 0.25) is 0 Å². The molecule has 0 heterocycles. The zero-order valence-corrected chi connectivity index (χ0v) is 5.91. The standard InChI is InChI=1S/C9H8O2/c10-6-2-4-8-3-1-5-9(11)7-8/h1,3,5,7,10-11H,6H2. The Bertz CT molecular complexity index is 294. The van der Waals surface area contributed by atoms with E-state index in [0.29, 0.717) is 5.56 Å². The third kappa shape index (κ3) is 2.32. The van der Waals surface area contributed by atoms with Crippen molar-refractivity contribution in [2.75, 3.05) is 6.61 Å². The third-order valence-electron chi connectivity index (χ3n) is 1.16. The van der Waals surface area contributed by atoms with Crippen LogP contribution in [-0.2, 0) is 0 Å². The molecule has 1 rings (SSSR count). The summed E-state index contributed by atoms with van der Waals surface area (Å²) < 4.78 is 0. The van der Waals surface area contributed by atoms with Gasteiger partial charge in [-0.05, 0) is 18.2 Å². The first kappa shape index (κ1) is 7.64. The molecule has 1 aromatic rings. The van der Waals surface area contributed by atoms with Gasteiger partial charge in [-0.3, -0.25) is 0 Å². The van der Waals surface area contributed by atoms with Crippen molar-refractivity contribution >= 4 is 0 Å². The molecule has 0 saturated carbocycles. The van der Waals surface area contributed by atoms with E-state index in [1.54, 1.807) is 24.3 Å². The Morgan fingerprint density at radius 2 is 2.18 bits per heavy atom. The summed E-state index contributed by atoms with van der Waals surface area (Å²) in [5.74, 6) is 5.35. The van der Waals surface area contributed by atoms with Gasteiger partial charge in [-0.1, -0.05) is 17.9 Å². The van der Waals surface area contributed by atoms with Gasteiger partial charge in [-0.2, -0.15) is 0 Å². The molecule has 0 unspecified atom stereocenters. The molecule has 0 atom stereocenters. The fraction of sp³-hybridized carbons (Fsp3) is 0.111. The normalized spacial score (nSPS) is 8.45. The molecule has 0 spiro atoms. The second kappa shape index (κ2) is 3.65. The first-order valence-corrected chi connectivity index (χ1v) is 3.21. The van der Waals surface area contributed by atoms with Gasteiger partial charge >= 0.3 is 0 Å². The Kier molecular flexibility index (Phi) is 2.53. The van der Waals surface area contributed by atoms with Crippen molar-refractivity contribution in [1.82, 2.24) is 0 Å². The molecule has 0 bridgehead atoms. The summed E-state index contributed by atoms with van der Waals surface area (Å²) in [6, 6.07) is 6.59. The second-order valence-corrected chi connectivity index (χ2v) is 2.01. The maximum atomic E-state index is 8.98. The summed E-state index contributed by atoms with van der Waals surface area (Å²) in [4.78, 5) is 0. The zero-order valence-electron chi connectivity index (χ0n) is 5.91. The van der Waals surface area contributed by atoms with Gasteiger partial charge in [-0.15, -0.1) is 0 Å². The van der Waals surface area contributed by atoms with Crippen LogP contribution in [0.1, 0.15) is 5.56 Å². The molecule has 0 aliphatic heterocycles. The summed E-state index contributed by atoms with van der Waals surface area (Å²) in [7, 11) is 0. The minimum Gasteiger partial charge on any atom is -0.508 e. The molecule has 0 radical (unpaired) electrons. The number of aliphatic hydroxyl groups is 1. The minimum atomic E-state index is -0.157. The average molecular weight is 148 g/mol. The van der Waals surface area contributed by atoms with Crippen LogP contribution in [0.5, 0.6) is 5.75 Å². The summed E-state index contributed by atoms with van der Waals surface area (Å²) >= 11 is 0. The molecule has 1 aromatic carbocycles. The Labute approximate surface area is 65.1 Å². The highest BCUT2D eigenvalue weighted by Gasteiger charge is 1.87. The smallest absolute Gasteiger partial charge is 0.116 e. The lowest BCUT2D eigenvalue weighted by atomic mass is 10.2.